The highest BCUT2D eigenvalue weighted by Crippen LogP contribution is 2.26. The van der Waals surface area contributed by atoms with Gasteiger partial charge in [0, 0.05) is 27.2 Å². The molecule has 0 unspecified atom stereocenters. The second-order valence-electron chi connectivity index (χ2n) is 7.75. The summed E-state index contributed by atoms with van der Waals surface area (Å²) in [6.45, 7) is 2.68. The third-order valence-corrected chi connectivity index (χ3v) is 7.24. The summed E-state index contributed by atoms with van der Waals surface area (Å²) in [6.07, 6.45) is 1.35. The Morgan fingerprint density at radius 3 is 2.45 bits per heavy atom. The molecule has 0 aromatic heterocycles. The van der Waals surface area contributed by atoms with E-state index in [0.717, 1.165) is 16.7 Å². The Morgan fingerprint density at radius 2 is 1.79 bits per heavy atom. The molecule has 1 N–H and O–H groups in total. The van der Waals surface area contributed by atoms with Gasteiger partial charge in [0.25, 0.3) is 10.2 Å². The summed E-state index contributed by atoms with van der Waals surface area (Å²) in [7, 11) is -0.486. The van der Waals surface area contributed by atoms with Crippen molar-refractivity contribution >= 4 is 16.1 Å². The topological polar surface area (TPSA) is 69.7 Å². The fourth-order valence-corrected chi connectivity index (χ4v) is 4.90. The fraction of sp³-hybridized carbons (Fsp3) is 0.409. The summed E-state index contributed by atoms with van der Waals surface area (Å²) in [4.78, 5) is 13.1. The summed E-state index contributed by atoms with van der Waals surface area (Å²) in [6, 6.07) is 17.7. The van der Waals surface area contributed by atoms with Crippen LogP contribution in [0.2, 0.25) is 0 Å². The van der Waals surface area contributed by atoms with E-state index in [1.54, 1.807) is 0 Å². The third-order valence-electron chi connectivity index (χ3n) is 5.34. The predicted molar refractivity (Wildman–Crippen MR) is 115 cm³/mol. The molecule has 2 atom stereocenters. The molecule has 156 valence electrons. The molecule has 0 radical (unpaired) electrons. The van der Waals surface area contributed by atoms with E-state index in [-0.39, 0.29) is 24.4 Å². The summed E-state index contributed by atoms with van der Waals surface area (Å²) < 4.78 is 27.6. The molecule has 0 aliphatic carbocycles. The number of rotatable bonds is 6. The third kappa shape index (κ3) is 5.04. The molecular formula is C22H29N3O3S. The Morgan fingerprint density at radius 1 is 1.10 bits per heavy atom. The Bertz CT molecular complexity index is 945. The van der Waals surface area contributed by atoms with Crippen molar-refractivity contribution in [1.29, 1.82) is 0 Å². The van der Waals surface area contributed by atoms with Crippen molar-refractivity contribution in [2.45, 2.75) is 25.8 Å². The Hall–Kier alpha value is -2.22. The van der Waals surface area contributed by atoms with Crippen molar-refractivity contribution in [3.8, 4) is 0 Å². The molecule has 1 fully saturated rings. The number of benzene rings is 2. The predicted octanol–water partition coefficient (Wildman–Crippen LogP) is 2.72. The Labute approximate surface area is 173 Å². The summed E-state index contributed by atoms with van der Waals surface area (Å²) >= 11 is 0. The molecule has 7 heteroatoms. The van der Waals surface area contributed by atoms with Crippen molar-refractivity contribution in [3.63, 3.8) is 0 Å². The first-order valence-corrected chi connectivity index (χ1v) is 11.3. The monoisotopic (exact) mass is 415 g/mol. The van der Waals surface area contributed by atoms with Crippen LogP contribution >= 0.6 is 0 Å². The maximum absolute atomic E-state index is 13.1. The minimum atomic E-state index is -3.52. The van der Waals surface area contributed by atoms with E-state index in [4.69, 9.17) is 0 Å². The van der Waals surface area contributed by atoms with Gasteiger partial charge in [0.15, 0.2) is 0 Å². The van der Waals surface area contributed by atoms with Crippen LogP contribution in [-0.2, 0) is 15.0 Å². The number of nitrogens with one attached hydrogen (secondary N) is 1. The highest BCUT2D eigenvalue weighted by atomic mass is 32.2. The number of hydrogen-bond donors (Lipinski definition) is 1. The van der Waals surface area contributed by atoms with Crippen molar-refractivity contribution < 1.29 is 13.2 Å². The van der Waals surface area contributed by atoms with E-state index in [2.05, 4.69) is 11.4 Å². The van der Waals surface area contributed by atoms with E-state index in [1.165, 1.54) is 22.7 Å². The molecule has 0 spiro atoms. The van der Waals surface area contributed by atoms with E-state index in [1.807, 2.05) is 55.5 Å². The van der Waals surface area contributed by atoms with E-state index < -0.39 is 10.2 Å². The highest BCUT2D eigenvalue weighted by molar-refractivity contribution is 7.86. The average Bonchev–Trinajstić information content (AvgIpc) is 2.72. The minimum Gasteiger partial charge on any atom is -0.345 e. The van der Waals surface area contributed by atoms with E-state index >= 15 is 0 Å². The largest absolute Gasteiger partial charge is 0.345 e. The molecule has 6 nitrogen and oxygen atoms in total. The average molecular weight is 416 g/mol. The number of amides is 1. The van der Waals surface area contributed by atoms with Crippen LogP contribution in [0.4, 0.5) is 0 Å². The van der Waals surface area contributed by atoms with Gasteiger partial charge in [0.1, 0.15) is 0 Å². The zero-order valence-electron chi connectivity index (χ0n) is 17.2. The van der Waals surface area contributed by atoms with Gasteiger partial charge in [-0.25, -0.2) is 0 Å². The van der Waals surface area contributed by atoms with Gasteiger partial charge in [0.2, 0.25) is 5.91 Å². The molecule has 1 heterocycles. The van der Waals surface area contributed by atoms with Crippen molar-refractivity contribution in [1.82, 2.24) is 13.9 Å². The highest BCUT2D eigenvalue weighted by Gasteiger charge is 2.34. The first-order valence-electron chi connectivity index (χ1n) is 9.88. The number of nitrogens with zero attached hydrogens (tertiary/aromatic N) is 2. The van der Waals surface area contributed by atoms with Gasteiger partial charge in [-0.05, 0) is 30.9 Å². The fourth-order valence-electron chi connectivity index (χ4n) is 3.71. The molecule has 1 aliphatic rings. The second kappa shape index (κ2) is 9.07. The zero-order valence-corrected chi connectivity index (χ0v) is 18.0. The molecule has 2 aromatic rings. The molecule has 2 aromatic carbocycles. The van der Waals surface area contributed by atoms with Crippen LogP contribution < -0.4 is 5.32 Å². The maximum atomic E-state index is 13.1. The van der Waals surface area contributed by atoms with Gasteiger partial charge < -0.3 is 5.32 Å². The first-order chi connectivity index (χ1) is 13.8. The van der Waals surface area contributed by atoms with Crippen molar-refractivity contribution in [2.24, 2.45) is 5.92 Å². The van der Waals surface area contributed by atoms with Gasteiger partial charge in [-0.15, -0.1) is 0 Å². The van der Waals surface area contributed by atoms with Crippen LogP contribution in [0.25, 0.3) is 0 Å². The van der Waals surface area contributed by atoms with Crippen LogP contribution in [0, 0.1) is 12.8 Å². The van der Waals surface area contributed by atoms with Crippen LogP contribution in [0.15, 0.2) is 54.6 Å². The maximum Gasteiger partial charge on any atom is 0.281 e. The van der Waals surface area contributed by atoms with Gasteiger partial charge in [0.05, 0.1) is 12.0 Å². The summed E-state index contributed by atoms with van der Waals surface area (Å²) in [5.41, 5.74) is 3.14. The van der Waals surface area contributed by atoms with Gasteiger partial charge in [-0.2, -0.15) is 17.0 Å². The van der Waals surface area contributed by atoms with E-state index in [0.29, 0.717) is 19.4 Å². The number of carbonyl (C=O) groups is 1. The van der Waals surface area contributed by atoms with Gasteiger partial charge >= 0.3 is 0 Å². The zero-order chi connectivity index (χ0) is 21.0. The number of aryl methyl sites for hydroxylation is 1. The Balaban J connectivity index is 1.82. The number of hydrogen-bond acceptors (Lipinski definition) is 3. The molecule has 1 amide bonds. The standard InChI is InChI=1S/C22H29N3O3S/c1-17-9-7-12-19(15-17)21(18-10-5-4-6-11-18)23-22(26)20-13-8-14-25(16-20)29(27,28)24(2)3/h4-7,9-12,15,20-21H,8,13-14,16H2,1-3H3,(H,23,26)/t20-,21+/m1/s1. The molecule has 1 saturated heterocycles. The van der Waals surface area contributed by atoms with Crippen LogP contribution in [0.1, 0.15) is 35.6 Å². The SMILES string of the molecule is Cc1cccc([C@@H](NC(=O)[C@@H]2CCCN(S(=O)(=O)N(C)C)C2)c2ccccc2)c1. The van der Waals surface area contributed by atoms with Crippen molar-refractivity contribution in [2.75, 3.05) is 27.2 Å². The molecule has 1 aliphatic heterocycles. The smallest absolute Gasteiger partial charge is 0.281 e. The first kappa shape index (κ1) is 21.5. The van der Waals surface area contributed by atoms with Crippen LogP contribution in [-0.4, -0.2) is 50.1 Å². The van der Waals surface area contributed by atoms with Crippen LogP contribution in [0.3, 0.4) is 0 Å². The molecular weight excluding hydrogens is 386 g/mol. The lowest BCUT2D eigenvalue weighted by molar-refractivity contribution is -0.126. The number of carbonyl (C=O) groups excluding carboxylic acids is 1. The van der Waals surface area contributed by atoms with Gasteiger partial charge in [-0.3, -0.25) is 4.79 Å². The minimum absolute atomic E-state index is 0.112. The lowest BCUT2D eigenvalue weighted by Gasteiger charge is -2.33. The van der Waals surface area contributed by atoms with Gasteiger partial charge in [-0.1, -0.05) is 60.2 Å². The Kier molecular flexibility index (Phi) is 6.72. The molecule has 0 saturated carbocycles. The van der Waals surface area contributed by atoms with Crippen LogP contribution in [0.5, 0.6) is 0 Å². The lowest BCUT2D eigenvalue weighted by atomic mass is 9.94. The van der Waals surface area contributed by atoms with E-state index in [9.17, 15) is 13.2 Å². The number of piperidine rings is 1. The lowest BCUT2D eigenvalue weighted by Crippen LogP contribution is -2.49. The molecule has 29 heavy (non-hydrogen) atoms. The normalized spacial score (nSPS) is 19.1. The van der Waals surface area contributed by atoms with Crippen molar-refractivity contribution in [3.05, 3.63) is 71.3 Å². The summed E-state index contributed by atoms with van der Waals surface area (Å²) in [5, 5.41) is 3.17. The second-order valence-corrected chi connectivity index (χ2v) is 9.90. The molecule has 3 rings (SSSR count). The quantitative estimate of drug-likeness (QED) is 0.789. The summed E-state index contributed by atoms with van der Waals surface area (Å²) in [5.74, 6) is -0.478. The molecule has 0 bridgehead atoms.